The van der Waals surface area contributed by atoms with Gasteiger partial charge in [-0.3, -0.25) is 4.68 Å². The molecule has 0 radical (unpaired) electrons. The minimum Gasteiger partial charge on any atom is -0.312 e. The lowest BCUT2D eigenvalue weighted by atomic mass is 10.2. The summed E-state index contributed by atoms with van der Waals surface area (Å²) in [5.74, 6) is 0. The Kier molecular flexibility index (Phi) is 3.91. The van der Waals surface area contributed by atoms with Crippen LogP contribution in [0.5, 0.6) is 0 Å². The standard InChI is InChI=1S/C12H18N4S/c1-9-11(7-16(3)15-9)6-13-5-4-12-8-17-10(2)14-12/h7-8,13H,4-6H2,1-3H3. The maximum absolute atomic E-state index is 4.44. The van der Waals surface area contributed by atoms with Crippen molar-refractivity contribution in [3.8, 4) is 0 Å². The van der Waals surface area contributed by atoms with Crippen molar-refractivity contribution >= 4 is 11.3 Å². The Bertz CT molecular complexity index is 486. The highest BCUT2D eigenvalue weighted by molar-refractivity contribution is 7.09. The van der Waals surface area contributed by atoms with E-state index in [9.17, 15) is 0 Å². The van der Waals surface area contributed by atoms with Crippen molar-refractivity contribution in [2.45, 2.75) is 26.8 Å². The molecule has 2 heterocycles. The molecule has 2 aromatic rings. The fraction of sp³-hybridized carbons (Fsp3) is 0.500. The zero-order valence-electron chi connectivity index (χ0n) is 10.5. The number of rotatable bonds is 5. The molecule has 1 N–H and O–H groups in total. The highest BCUT2D eigenvalue weighted by Crippen LogP contribution is 2.08. The molecule has 0 aromatic carbocycles. The molecule has 0 fully saturated rings. The quantitative estimate of drug-likeness (QED) is 0.823. The SMILES string of the molecule is Cc1nc(CCNCc2cn(C)nc2C)cs1. The van der Waals surface area contributed by atoms with Gasteiger partial charge in [0.15, 0.2) is 0 Å². The van der Waals surface area contributed by atoms with Gasteiger partial charge >= 0.3 is 0 Å². The van der Waals surface area contributed by atoms with E-state index in [-0.39, 0.29) is 0 Å². The minimum atomic E-state index is 0.878. The molecule has 0 saturated carbocycles. The molecule has 0 bridgehead atoms. The van der Waals surface area contributed by atoms with Crippen LogP contribution in [0.2, 0.25) is 0 Å². The van der Waals surface area contributed by atoms with Crippen LogP contribution in [0.3, 0.4) is 0 Å². The molecule has 17 heavy (non-hydrogen) atoms. The molecule has 0 atom stereocenters. The fourth-order valence-corrected chi connectivity index (χ4v) is 2.43. The first-order chi connectivity index (χ1) is 8.15. The minimum absolute atomic E-state index is 0.878. The van der Waals surface area contributed by atoms with E-state index in [4.69, 9.17) is 0 Å². The van der Waals surface area contributed by atoms with Crippen molar-refractivity contribution in [2.75, 3.05) is 6.54 Å². The molecule has 0 amide bonds. The molecule has 4 nitrogen and oxygen atoms in total. The second-order valence-electron chi connectivity index (χ2n) is 4.20. The number of hydrogen-bond donors (Lipinski definition) is 1. The van der Waals surface area contributed by atoms with Crippen molar-refractivity contribution in [1.82, 2.24) is 20.1 Å². The highest BCUT2D eigenvalue weighted by atomic mass is 32.1. The van der Waals surface area contributed by atoms with Crippen LogP contribution in [0.4, 0.5) is 0 Å². The first-order valence-corrected chi connectivity index (χ1v) is 6.64. The van der Waals surface area contributed by atoms with Crippen molar-refractivity contribution in [1.29, 1.82) is 0 Å². The molecule has 0 unspecified atom stereocenters. The van der Waals surface area contributed by atoms with Crippen molar-refractivity contribution in [3.05, 3.63) is 33.5 Å². The third kappa shape index (κ3) is 3.38. The molecule has 0 spiro atoms. The average Bonchev–Trinajstić information content (AvgIpc) is 2.81. The Morgan fingerprint density at radius 3 is 2.82 bits per heavy atom. The van der Waals surface area contributed by atoms with Gasteiger partial charge in [-0.25, -0.2) is 4.98 Å². The maximum Gasteiger partial charge on any atom is 0.0897 e. The smallest absolute Gasteiger partial charge is 0.0897 e. The lowest BCUT2D eigenvalue weighted by Gasteiger charge is -2.01. The monoisotopic (exact) mass is 250 g/mol. The zero-order chi connectivity index (χ0) is 12.3. The molecular weight excluding hydrogens is 232 g/mol. The lowest BCUT2D eigenvalue weighted by Crippen LogP contribution is -2.17. The summed E-state index contributed by atoms with van der Waals surface area (Å²) in [6.07, 6.45) is 3.05. The second-order valence-corrected chi connectivity index (χ2v) is 5.26. The molecule has 92 valence electrons. The van der Waals surface area contributed by atoms with E-state index >= 15 is 0 Å². The summed E-state index contributed by atoms with van der Waals surface area (Å²) >= 11 is 1.71. The van der Waals surface area contributed by atoms with E-state index in [0.717, 1.165) is 30.2 Å². The summed E-state index contributed by atoms with van der Waals surface area (Å²) in [5, 5.41) is 11.0. The predicted octanol–water partition coefficient (Wildman–Crippen LogP) is 1.83. The van der Waals surface area contributed by atoms with Gasteiger partial charge < -0.3 is 5.32 Å². The van der Waals surface area contributed by atoms with Crippen LogP contribution >= 0.6 is 11.3 Å². The topological polar surface area (TPSA) is 42.7 Å². The molecule has 2 aromatic heterocycles. The van der Waals surface area contributed by atoms with Gasteiger partial charge in [0, 0.05) is 43.7 Å². The van der Waals surface area contributed by atoms with Crippen LogP contribution < -0.4 is 5.32 Å². The van der Waals surface area contributed by atoms with E-state index in [1.54, 1.807) is 11.3 Å². The van der Waals surface area contributed by atoms with Gasteiger partial charge in [-0.05, 0) is 13.8 Å². The Hall–Kier alpha value is -1.20. The number of thiazole rings is 1. The summed E-state index contributed by atoms with van der Waals surface area (Å²) in [6.45, 7) is 5.92. The molecule has 0 aliphatic carbocycles. The van der Waals surface area contributed by atoms with Crippen LogP contribution in [-0.4, -0.2) is 21.3 Å². The summed E-state index contributed by atoms with van der Waals surface area (Å²) in [6, 6.07) is 0. The molecule has 2 rings (SSSR count). The van der Waals surface area contributed by atoms with E-state index in [2.05, 4.69) is 27.0 Å². The Morgan fingerprint density at radius 1 is 1.41 bits per heavy atom. The number of aryl methyl sites for hydroxylation is 3. The van der Waals surface area contributed by atoms with Gasteiger partial charge in [0.25, 0.3) is 0 Å². The van der Waals surface area contributed by atoms with Crippen LogP contribution in [0.15, 0.2) is 11.6 Å². The van der Waals surface area contributed by atoms with E-state index in [1.165, 1.54) is 11.3 Å². The number of nitrogens with zero attached hydrogens (tertiary/aromatic N) is 3. The van der Waals surface area contributed by atoms with Crippen LogP contribution in [-0.2, 0) is 20.0 Å². The summed E-state index contributed by atoms with van der Waals surface area (Å²) in [7, 11) is 1.95. The highest BCUT2D eigenvalue weighted by Gasteiger charge is 2.02. The largest absolute Gasteiger partial charge is 0.312 e. The molecule has 5 heteroatoms. The number of aromatic nitrogens is 3. The van der Waals surface area contributed by atoms with Gasteiger partial charge in [-0.2, -0.15) is 5.10 Å². The second kappa shape index (κ2) is 5.42. The first-order valence-electron chi connectivity index (χ1n) is 5.76. The predicted molar refractivity (Wildman–Crippen MR) is 70.2 cm³/mol. The van der Waals surface area contributed by atoms with Crippen molar-refractivity contribution < 1.29 is 0 Å². The van der Waals surface area contributed by atoms with Gasteiger partial charge in [0.1, 0.15) is 0 Å². The Balaban J connectivity index is 1.75. The van der Waals surface area contributed by atoms with Crippen LogP contribution in [0, 0.1) is 13.8 Å². The van der Waals surface area contributed by atoms with E-state index in [0.29, 0.717) is 0 Å². The molecule has 0 aliphatic heterocycles. The third-order valence-corrected chi connectivity index (χ3v) is 3.48. The fourth-order valence-electron chi connectivity index (χ4n) is 1.78. The number of nitrogens with one attached hydrogen (secondary N) is 1. The lowest BCUT2D eigenvalue weighted by molar-refractivity contribution is 0.678. The average molecular weight is 250 g/mol. The van der Waals surface area contributed by atoms with Gasteiger partial charge in [-0.15, -0.1) is 11.3 Å². The van der Waals surface area contributed by atoms with Gasteiger partial charge in [0.2, 0.25) is 0 Å². The maximum atomic E-state index is 4.44. The Morgan fingerprint density at radius 2 is 2.24 bits per heavy atom. The van der Waals surface area contributed by atoms with Crippen molar-refractivity contribution in [3.63, 3.8) is 0 Å². The normalized spacial score (nSPS) is 11.0. The van der Waals surface area contributed by atoms with Gasteiger partial charge in [-0.1, -0.05) is 0 Å². The first kappa shape index (κ1) is 12.3. The van der Waals surface area contributed by atoms with Crippen LogP contribution in [0.1, 0.15) is 22.0 Å². The molecule has 0 saturated heterocycles. The number of hydrogen-bond acceptors (Lipinski definition) is 4. The van der Waals surface area contributed by atoms with E-state index in [1.807, 2.05) is 25.6 Å². The molecular formula is C12H18N4S. The summed E-state index contributed by atoms with van der Waals surface area (Å²) in [5.41, 5.74) is 3.55. The van der Waals surface area contributed by atoms with Gasteiger partial charge in [0.05, 0.1) is 16.4 Å². The summed E-state index contributed by atoms with van der Waals surface area (Å²) in [4.78, 5) is 4.44. The zero-order valence-corrected chi connectivity index (χ0v) is 11.3. The van der Waals surface area contributed by atoms with Crippen LogP contribution in [0.25, 0.3) is 0 Å². The Labute approximate surface area is 106 Å². The third-order valence-electron chi connectivity index (χ3n) is 2.66. The summed E-state index contributed by atoms with van der Waals surface area (Å²) < 4.78 is 1.86. The van der Waals surface area contributed by atoms with E-state index < -0.39 is 0 Å². The van der Waals surface area contributed by atoms with Crippen molar-refractivity contribution in [2.24, 2.45) is 7.05 Å². The molecule has 0 aliphatic rings.